The van der Waals surface area contributed by atoms with E-state index in [4.69, 9.17) is 24.4 Å². The van der Waals surface area contributed by atoms with E-state index in [1.54, 1.807) is 7.11 Å². The van der Waals surface area contributed by atoms with Gasteiger partial charge in [-0.1, -0.05) is 51.1 Å². The van der Waals surface area contributed by atoms with Crippen molar-refractivity contribution in [3.8, 4) is 17.1 Å². The van der Waals surface area contributed by atoms with Crippen molar-refractivity contribution >= 4 is 29.6 Å². The van der Waals surface area contributed by atoms with Crippen LogP contribution in [0.25, 0.3) is 11.3 Å². The number of anilines is 2. The van der Waals surface area contributed by atoms with Crippen LogP contribution >= 0.6 is 11.9 Å². The molecule has 49 heavy (non-hydrogen) atoms. The first kappa shape index (κ1) is 34.7. The van der Waals surface area contributed by atoms with Crippen LogP contribution in [0.3, 0.4) is 0 Å². The van der Waals surface area contributed by atoms with E-state index in [2.05, 4.69) is 75.4 Å². The van der Waals surface area contributed by atoms with Gasteiger partial charge in [-0.05, 0) is 98.9 Å². The number of rotatable bonds is 7. The number of carbonyl (C=O) groups excluding carboxylic acids is 1. The van der Waals surface area contributed by atoms with Gasteiger partial charge in [0.2, 0.25) is 11.8 Å². The van der Waals surface area contributed by atoms with Crippen molar-refractivity contribution in [1.82, 2.24) is 19.9 Å². The fraction of sp³-hybridized carbons (Fsp3) is 0.436. The maximum absolute atomic E-state index is 14.6. The van der Waals surface area contributed by atoms with E-state index in [0.29, 0.717) is 37.0 Å². The van der Waals surface area contributed by atoms with Crippen molar-refractivity contribution in [1.29, 1.82) is 0 Å². The van der Waals surface area contributed by atoms with Crippen molar-refractivity contribution < 1.29 is 14.3 Å². The molecule has 4 aromatic rings. The van der Waals surface area contributed by atoms with E-state index >= 15 is 0 Å². The van der Waals surface area contributed by atoms with Crippen LogP contribution in [0.15, 0.2) is 71.6 Å². The molecule has 1 fully saturated rings. The molecule has 2 atom stereocenters. The van der Waals surface area contributed by atoms with Gasteiger partial charge in [-0.15, -0.1) is 0 Å². The Hall–Kier alpha value is -4.15. The normalized spacial score (nSPS) is 19.8. The third-order valence-electron chi connectivity index (χ3n) is 9.36. The second-order valence-electron chi connectivity index (χ2n) is 14.7. The molecular formula is C39H48N6O3S. The summed E-state index contributed by atoms with van der Waals surface area (Å²) in [5, 5.41) is 0. The van der Waals surface area contributed by atoms with Crippen LogP contribution in [-0.4, -0.2) is 64.2 Å². The molecule has 9 nitrogen and oxygen atoms in total. The number of nitrogens with zero attached hydrogens (tertiary/aromatic N) is 5. The molecule has 10 heteroatoms. The van der Waals surface area contributed by atoms with Gasteiger partial charge < -0.3 is 19.3 Å². The zero-order chi connectivity index (χ0) is 34.8. The topological polar surface area (TPSA) is 92.7 Å². The van der Waals surface area contributed by atoms with Gasteiger partial charge in [0.1, 0.15) is 12.4 Å². The van der Waals surface area contributed by atoms with E-state index in [1.807, 2.05) is 47.4 Å². The molecule has 6 rings (SSSR count). The molecule has 2 aromatic carbocycles. The third-order valence-corrected chi connectivity index (χ3v) is 10.1. The standard InChI is InChI=1S/C39H48N6O3S/c1-26-12-8-13-27(2)35(26)32-21-34-42-37(41-32)43-49-31-16-9-14-28(20-31)36(46)44(30(24-48-34)22-38(3,4)5)23-29-15-10-17-33(40-29)45-19-11-18-39(45,6)25-47-7/h8-10,12-17,20-21,30H,11,18-19,22-25H2,1-7H3,(H,41,42,43)/t30-,39+/m1/s1. The Morgan fingerprint density at radius 2 is 1.78 bits per heavy atom. The molecule has 0 radical (unpaired) electrons. The van der Waals surface area contributed by atoms with Gasteiger partial charge in [0.15, 0.2) is 0 Å². The Morgan fingerprint density at radius 3 is 2.53 bits per heavy atom. The van der Waals surface area contributed by atoms with E-state index in [9.17, 15) is 4.79 Å². The third kappa shape index (κ3) is 8.02. The molecule has 258 valence electrons. The number of carbonyl (C=O) groups is 1. The van der Waals surface area contributed by atoms with E-state index < -0.39 is 0 Å². The van der Waals surface area contributed by atoms with Crippen molar-refractivity contribution in [2.75, 3.05) is 36.5 Å². The Morgan fingerprint density at radius 1 is 1.02 bits per heavy atom. The highest BCUT2D eigenvalue weighted by molar-refractivity contribution is 8.00. The number of aryl methyl sites for hydroxylation is 2. The number of pyridine rings is 1. The number of nitrogens with one attached hydrogen (secondary N) is 1. The van der Waals surface area contributed by atoms with Crippen molar-refractivity contribution in [2.45, 2.75) is 83.8 Å². The molecule has 0 saturated carbocycles. The number of hydrogen-bond donors (Lipinski definition) is 1. The number of ether oxygens (including phenoxy) is 2. The number of fused-ring (bicyclic) bond motifs is 4. The summed E-state index contributed by atoms with van der Waals surface area (Å²) >= 11 is 1.37. The largest absolute Gasteiger partial charge is 0.475 e. The van der Waals surface area contributed by atoms with Gasteiger partial charge in [-0.25, -0.2) is 9.97 Å². The van der Waals surface area contributed by atoms with Gasteiger partial charge in [-0.2, -0.15) is 4.98 Å². The van der Waals surface area contributed by atoms with Crippen LogP contribution in [-0.2, 0) is 11.3 Å². The minimum atomic E-state index is -0.268. The molecule has 4 heterocycles. The number of methoxy groups -OCH3 is 1. The molecule has 0 spiro atoms. The van der Waals surface area contributed by atoms with Crippen molar-refractivity contribution in [3.63, 3.8) is 0 Å². The summed E-state index contributed by atoms with van der Waals surface area (Å²) in [6.45, 7) is 15.2. The van der Waals surface area contributed by atoms with Gasteiger partial charge in [0.25, 0.3) is 5.91 Å². The van der Waals surface area contributed by atoms with Crippen LogP contribution in [0.5, 0.6) is 5.88 Å². The highest BCUT2D eigenvalue weighted by atomic mass is 32.2. The van der Waals surface area contributed by atoms with Crippen molar-refractivity contribution in [3.05, 3.63) is 89.1 Å². The zero-order valence-electron chi connectivity index (χ0n) is 29.7. The van der Waals surface area contributed by atoms with Crippen LogP contribution in [0, 0.1) is 19.3 Å². The second kappa shape index (κ2) is 14.4. The molecule has 1 saturated heterocycles. The quantitative estimate of drug-likeness (QED) is 0.194. The maximum Gasteiger partial charge on any atom is 0.254 e. The van der Waals surface area contributed by atoms with Gasteiger partial charge in [0.05, 0.1) is 36.1 Å². The molecule has 2 aliphatic rings. The predicted molar refractivity (Wildman–Crippen MR) is 197 cm³/mol. The van der Waals surface area contributed by atoms with E-state index in [1.165, 1.54) is 11.9 Å². The van der Waals surface area contributed by atoms with Gasteiger partial charge in [-0.3, -0.25) is 9.52 Å². The predicted octanol–water partition coefficient (Wildman–Crippen LogP) is 8.12. The molecule has 2 aromatic heterocycles. The molecule has 2 aliphatic heterocycles. The summed E-state index contributed by atoms with van der Waals surface area (Å²) < 4.78 is 15.5. The lowest BCUT2D eigenvalue weighted by Crippen LogP contribution is -2.46. The van der Waals surface area contributed by atoms with E-state index in [0.717, 1.165) is 58.2 Å². The summed E-state index contributed by atoms with van der Waals surface area (Å²) in [4.78, 5) is 34.6. The zero-order valence-corrected chi connectivity index (χ0v) is 30.6. The SMILES string of the molecule is COC[C@]1(C)CCCN1c1cccc(CN2C(=O)c3cccc(c3)SNc3nc(cc(-c4c(C)cccc4C)n3)OC[C@H]2CC(C)(C)C)n1. The monoisotopic (exact) mass is 680 g/mol. The molecule has 4 bridgehead atoms. The summed E-state index contributed by atoms with van der Waals surface area (Å²) in [5.41, 5.74) is 5.32. The first-order valence-corrected chi connectivity index (χ1v) is 17.9. The molecule has 1 amide bonds. The fourth-order valence-electron chi connectivity index (χ4n) is 7.12. The molecule has 0 unspecified atom stereocenters. The molecule has 1 N–H and O–H groups in total. The van der Waals surface area contributed by atoms with Crippen LogP contribution in [0.2, 0.25) is 0 Å². The van der Waals surface area contributed by atoms with Gasteiger partial charge >= 0.3 is 0 Å². The minimum absolute atomic E-state index is 0.0637. The number of amides is 1. The van der Waals surface area contributed by atoms with Crippen molar-refractivity contribution in [2.24, 2.45) is 5.41 Å². The fourth-order valence-corrected chi connectivity index (χ4v) is 7.76. The average Bonchev–Trinajstić information content (AvgIpc) is 3.44. The Bertz CT molecular complexity index is 1790. The van der Waals surface area contributed by atoms with Crippen LogP contribution in [0.4, 0.5) is 11.8 Å². The lowest BCUT2D eigenvalue weighted by atomic mass is 9.87. The minimum Gasteiger partial charge on any atom is -0.475 e. The Kier molecular flexibility index (Phi) is 10.2. The summed E-state index contributed by atoms with van der Waals surface area (Å²) in [7, 11) is 1.75. The van der Waals surface area contributed by atoms with Gasteiger partial charge in [0, 0.05) is 35.7 Å². The lowest BCUT2D eigenvalue weighted by Gasteiger charge is -2.37. The highest BCUT2D eigenvalue weighted by Gasteiger charge is 2.38. The smallest absolute Gasteiger partial charge is 0.254 e. The van der Waals surface area contributed by atoms with Crippen LogP contribution < -0.4 is 14.4 Å². The summed E-state index contributed by atoms with van der Waals surface area (Å²) in [5.74, 6) is 1.75. The summed E-state index contributed by atoms with van der Waals surface area (Å²) in [6, 6.07) is 21.7. The maximum atomic E-state index is 14.6. The summed E-state index contributed by atoms with van der Waals surface area (Å²) in [6.07, 6.45) is 2.84. The highest BCUT2D eigenvalue weighted by Crippen LogP contribution is 2.35. The second-order valence-corrected chi connectivity index (χ2v) is 15.6. The Labute approximate surface area is 295 Å². The van der Waals surface area contributed by atoms with Crippen LogP contribution in [0.1, 0.15) is 74.1 Å². The number of aromatic nitrogens is 3. The first-order chi connectivity index (χ1) is 23.4. The molecule has 0 aliphatic carbocycles. The van der Waals surface area contributed by atoms with E-state index in [-0.39, 0.29) is 29.5 Å². The molecular weight excluding hydrogens is 633 g/mol. The lowest BCUT2D eigenvalue weighted by molar-refractivity contribution is 0.0509. The average molecular weight is 681 g/mol. The Balaban J connectivity index is 1.40. The first-order valence-electron chi connectivity index (χ1n) is 17.1. The number of benzene rings is 2. The number of hydrogen-bond acceptors (Lipinski definition) is 9.